The number of rotatable bonds is 7. The molecule has 2 rings (SSSR count). The van der Waals surface area contributed by atoms with Crippen LogP contribution < -0.4 is 0 Å². The third kappa shape index (κ3) is 2.34. The predicted molar refractivity (Wildman–Crippen MR) is 81.5 cm³/mol. The van der Waals surface area contributed by atoms with Crippen LogP contribution in [0.4, 0.5) is 17.6 Å². The average molecular weight is 376 g/mol. The van der Waals surface area contributed by atoms with E-state index in [1.165, 1.54) is 0 Å². The Morgan fingerprint density at radius 2 is 1.62 bits per heavy atom. The summed E-state index contributed by atoms with van der Waals surface area (Å²) >= 11 is 0. The zero-order valence-electron chi connectivity index (χ0n) is 14.2. The van der Waals surface area contributed by atoms with Crippen LogP contribution >= 0.6 is 0 Å². The summed E-state index contributed by atoms with van der Waals surface area (Å²) in [6, 6.07) is 0. The second-order valence-corrected chi connectivity index (χ2v) is 8.67. The summed E-state index contributed by atoms with van der Waals surface area (Å²) in [7, 11) is -6.20. The zero-order chi connectivity index (χ0) is 18.6. The van der Waals surface area contributed by atoms with Gasteiger partial charge in [-0.25, -0.2) is 0 Å². The van der Waals surface area contributed by atoms with Gasteiger partial charge in [-0.05, 0) is 39.5 Å². The molecule has 0 aromatic carbocycles. The third-order valence-corrected chi connectivity index (χ3v) is 7.68. The van der Waals surface area contributed by atoms with Gasteiger partial charge in [-0.15, -0.1) is 0 Å². The minimum absolute atomic E-state index is 0.0970. The van der Waals surface area contributed by atoms with Gasteiger partial charge in [-0.2, -0.15) is 26.0 Å². The van der Waals surface area contributed by atoms with E-state index in [4.69, 9.17) is 4.55 Å². The minimum atomic E-state index is -6.20. The molecule has 2 saturated carbocycles. The molecule has 0 amide bonds. The van der Waals surface area contributed by atoms with Gasteiger partial charge in [0.25, 0.3) is 0 Å². The van der Waals surface area contributed by atoms with Crippen molar-refractivity contribution in [1.29, 1.82) is 0 Å². The second kappa shape index (κ2) is 5.81. The molecule has 3 unspecified atom stereocenters. The maximum atomic E-state index is 14.7. The Kier molecular flexibility index (Phi) is 4.82. The number of fused-ring (bicyclic) bond motifs is 2. The number of alkyl halides is 4. The molecule has 2 bridgehead atoms. The van der Waals surface area contributed by atoms with Gasteiger partial charge in [-0.1, -0.05) is 0 Å². The van der Waals surface area contributed by atoms with Crippen molar-refractivity contribution in [3.63, 3.8) is 0 Å². The lowest BCUT2D eigenvalue weighted by atomic mass is 9.75. The topological polar surface area (TPSA) is 54.4 Å². The smallest absolute Gasteiger partial charge is 0.319 e. The maximum Gasteiger partial charge on any atom is 0.431 e. The van der Waals surface area contributed by atoms with Gasteiger partial charge < -0.3 is 4.48 Å². The Labute approximate surface area is 140 Å². The molecule has 9 heteroatoms. The molecule has 0 aromatic rings. The molecule has 0 aliphatic heterocycles. The first-order valence-electron chi connectivity index (χ1n) is 8.44. The molecular formula is C15H26F4NO3S+. The molecule has 3 atom stereocenters. The summed E-state index contributed by atoms with van der Waals surface area (Å²) in [4.78, 5) is 0. The highest BCUT2D eigenvalue weighted by Crippen LogP contribution is 2.64. The Balaban J connectivity index is 2.58. The first kappa shape index (κ1) is 19.9. The van der Waals surface area contributed by atoms with Crippen LogP contribution in [0, 0.1) is 11.8 Å². The van der Waals surface area contributed by atoms with Crippen molar-refractivity contribution in [2.75, 3.05) is 19.6 Å². The summed E-state index contributed by atoms with van der Waals surface area (Å²) in [5.41, 5.74) is -1.07. The van der Waals surface area contributed by atoms with Gasteiger partial charge in [0.1, 0.15) is 5.54 Å². The zero-order valence-corrected chi connectivity index (χ0v) is 15.1. The Hall–Kier alpha value is -0.410. The predicted octanol–water partition coefficient (Wildman–Crippen LogP) is 3.54. The van der Waals surface area contributed by atoms with Crippen LogP contribution in [-0.4, -0.2) is 53.8 Å². The standard InChI is InChI=1S/C15H25F4NO3S/c1-4-20(5-2,6-3)13-8-7-11(10-13)9-12(13)14(16,17)15(18,19)24(21,22)23/h11-12H,4-10H2,1-3H3/p+1. The van der Waals surface area contributed by atoms with Crippen molar-refractivity contribution in [3.8, 4) is 0 Å². The van der Waals surface area contributed by atoms with Gasteiger partial charge in [0, 0.05) is 12.8 Å². The lowest BCUT2D eigenvalue weighted by molar-refractivity contribution is -0.976. The van der Waals surface area contributed by atoms with Crippen molar-refractivity contribution < 1.29 is 35.0 Å². The monoisotopic (exact) mass is 376 g/mol. The van der Waals surface area contributed by atoms with Gasteiger partial charge in [0.15, 0.2) is 0 Å². The summed E-state index contributed by atoms with van der Waals surface area (Å²) in [5, 5.41) is -5.48. The third-order valence-electron chi connectivity index (χ3n) is 6.76. The van der Waals surface area contributed by atoms with E-state index in [1.807, 2.05) is 20.8 Å². The second-order valence-electron chi connectivity index (χ2n) is 7.21. The highest BCUT2D eigenvalue weighted by atomic mass is 32.2. The summed E-state index contributed by atoms with van der Waals surface area (Å²) < 4.78 is 88.3. The summed E-state index contributed by atoms with van der Waals surface area (Å²) in [5.74, 6) is -6.67. The van der Waals surface area contributed by atoms with E-state index in [9.17, 15) is 26.0 Å². The molecule has 24 heavy (non-hydrogen) atoms. The van der Waals surface area contributed by atoms with Crippen LogP contribution in [0.5, 0.6) is 0 Å². The van der Waals surface area contributed by atoms with E-state index >= 15 is 0 Å². The Morgan fingerprint density at radius 3 is 2.00 bits per heavy atom. The SMILES string of the molecule is CC[N+](CC)(CC)C12CCC(CC1C(F)(F)C(F)(F)S(=O)(=O)O)C2. The number of hydrogen-bond donors (Lipinski definition) is 1. The highest BCUT2D eigenvalue weighted by Gasteiger charge is 2.78. The van der Waals surface area contributed by atoms with Crippen LogP contribution in [0.2, 0.25) is 0 Å². The molecule has 4 nitrogen and oxygen atoms in total. The molecule has 0 radical (unpaired) electrons. The van der Waals surface area contributed by atoms with E-state index in [0.717, 1.165) is 0 Å². The molecule has 142 valence electrons. The molecule has 0 heterocycles. The van der Waals surface area contributed by atoms with Crippen molar-refractivity contribution >= 4 is 10.1 Å². The van der Waals surface area contributed by atoms with E-state index in [1.54, 1.807) is 0 Å². The van der Waals surface area contributed by atoms with Gasteiger partial charge in [-0.3, -0.25) is 4.55 Å². The van der Waals surface area contributed by atoms with E-state index in [0.29, 0.717) is 38.9 Å². The summed E-state index contributed by atoms with van der Waals surface area (Å²) in [6.45, 7) is 7.10. The Bertz CT molecular complexity index is 583. The first-order valence-corrected chi connectivity index (χ1v) is 9.88. The van der Waals surface area contributed by atoms with Crippen molar-refractivity contribution in [2.24, 2.45) is 11.8 Å². The molecule has 1 N–H and O–H groups in total. The lowest BCUT2D eigenvalue weighted by Crippen LogP contribution is -2.70. The van der Waals surface area contributed by atoms with Gasteiger partial charge in [0.2, 0.25) is 0 Å². The molecule has 2 aliphatic carbocycles. The van der Waals surface area contributed by atoms with E-state index in [-0.39, 0.29) is 16.8 Å². The number of quaternary nitrogens is 1. The Morgan fingerprint density at radius 1 is 1.12 bits per heavy atom. The summed E-state index contributed by atoms with van der Waals surface area (Å²) in [6.07, 6.45) is 1.36. The van der Waals surface area contributed by atoms with Crippen LogP contribution in [-0.2, 0) is 10.1 Å². The lowest BCUT2D eigenvalue weighted by Gasteiger charge is -2.54. The molecule has 0 saturated heterocycles. The highest BCUT2D eigenvalue weighted by molar-refractivity contribution is 7.87. The van der Waals surface area contributed by atoms with Crippen LogP contribution in [0.1, 0.15) is 46.5 Å². The number of hydrogen-bond acceptors (Lipinski definition) is 2. The maximum absolute atomic E-state index is 14.7. The molecule has 0 spiro atoms. The van der Waals surface area contributed by atoms with Crippen molar-refractivity contribution in [2.45, 2.75) is 63.2 Å². The van der Waals surface area contributed by atoms with Gasteiger partial charge in [0.05, 0.1) is 25.6 Å². The minimum Gasteiger partial charge on any atom is -0.319 e. The van der Waals surface area contributed by atoms with E-state index < -0.39 is 32.8 Å². The normalized spacial score (nSPS) is 31.7. The first-order chi connectivity index (χ1) is 10.8. The molecule has 0 aromatic heterocycles. The van der Waals surface area contributed by atoms with E-state index in [2.05, 4.69) is 0 Å². The largest absolute Gasteiger partial charge is 0.431 e. The fraction of sp³-hybridized carbons (Fsp3) is 1.00. The molecule has 2 fully saturated rings. The quantitative estimate of drug-likeness (QED) is 0.420. The fourth-order valence-corrected chi connectivity index (χ4v) is 5.95. The van der Waals surface area contributed by atoms with Crippen LogP contribution in [0.25, 0.3) is 0 Å². The van der Waals surface area contributed by atoms with Crippen LogP contribution in [0.3, 0.4) is 0 Å². The molecule has 2 aliphatic rings. The van der Waals surface area contributed by atoms with Crippen LogP contribution in [0.15, 0.2) is 0 Å². The molecular weight excluding hydrogens is 350 g/mol. The van der Waals surface area contributed by atoms with Crippen molar-refractivity contribution in [1.82, 2.24) is 0 Å². The number of halogens is 4. The average Bonchev–Trinajstić information content (AvgIpc) is 3.08. The number of nitrogens with zero attached hydrogens (tertiary/aromatic N) is 1. The van der Waals surface area contributed by atoms with Gasteiger partial charge >= 0.3 is 21.3 Å². The fourth-order valence-electron chi connectivity index (χ4n) is 5.47. The van der Waals surface area contributed by atoms with Crippen molar-refractivity contribution in [3.05, 3.63) is 0 Å².